The van der Waals surface area contributed by atoms with Crippen LogP contribution in [0.5, 0.6) is 0 Å². The highest BCUT2D eigenvalue weighted by atomic mass is 127. The summed E-state index contributed by atoms with van der Waals surface area (Å²) >= 11 is 2.15. The Morgan fingerprint density at radius 3 is 2.71 bits per heavy atom. The first-order chi connectivity index (χ1) is 11.6. The predicted octanol–water partition coefficient (Wildman–Crippen LogP) is 3.83. The molecular weight excluding hydrogens is 422 g/mol. The molecule has 0 saturated carbocycles. The predicted molar refractivity (Wildman–Crippen MR) is 101 cm³/mol. The van der Waals surface area contributed by atoms with Crippen LogP contribution in [0.4, 0.5) is 15.8 Å². The number of morpholine rings is 1. The van der Waals surface area contributed by atoms with Crippen molar-refractivity contribution in [2.24, 2.45) is 0 Å². The molecule has 0 spiro atoms. The van der Waals surface area contributed by atoms with Gasteiger partial charge in [-0.15, -0.1) is 0 Å². The molecule has 1 aliphatic rings. The first-order valence-electron chi connectivity index (χ1n) is 7.75. The lowest BCUT2D eigenvalue weighted by Crippen LogP contribution is -2.36. The van der Waals surface area contributed by atoms with Crippen LogP contribution in [0.15, 0.2) is 36.4 Å². The average Bonchev–Trinajstić information content (AvgIpc) is 2.58. The van der Waals surface area contributed by atoms with E-state index >= 15 is 0 Å². The molecule has 126 valence electrons. The van der Waals surface area contributed by atoms with Crippen LogP contribution in [-0.4, -0.2) is 32.2 Å². The molecule has 1 heterocycles. The molecule has 0 aromatic heterocycles. The second kappa shape index (κ2) is 7.48. The van der Waals surface area contributed by atoms with Crippen LogP contribution in [0.2, 0.25) is 0 Å². The minimum atomic E-state index is -0.339. The Hall–Kier alpha value is -1.67. The van der Waals surface area contributed by atoms with Crippen LogP contribution in [0.1, 0.15) is 15.9 Å². The van der Waals surface area contributed by atoms with Gasteiger partial charge >= 0.3 is 0 Å². The fourth-order valence-electron chi connectivity index (χ4n) is 2.67. The van der Waals surface area contributed by atoms with Crippen molar-refractivity contribution in [3.63, 3.8) is 0 Å². The Labute approximate surface area is 154 Å². The number of halogens is 2. The van der Waals surface area contributed by atoms with E-state index in [2.05, 4.69) is 27.9 Å². The van der Waals surface area contributed by atoms with Gasteiger partial charge < -0.3 is 15.0 Å². The van der Waals surface area contributed by atoms with E-state index < -0.39 is 0 Å². The van der Waals surface area contributed by atoms with Gasteiger partial charge in [0.2, 0.25) is 0 Å². The first-order valence-corrected chi connectivity index (χ1v) is 8.83. The summed E-state index contributed by atoms with van der Waals surface area (Å²) in [7, 11) is 0. The molecule has 0 atom stereocenters. The lowest BCUT2D eigenvalue weighted by atomic mass is 10.1. The van der Waals surface area contributed by atoms with Gasteiger partial charge in [0.25, 0.3) is 5.91 Å². The zero-order chi connectivity index (χ0) is 17.1. The zero-order valence-electron chi connectivity index (χ0n) is 13.3. The number of hydrogen-bond acceptors (Lipinski definition) is 3. The van der Waals surface area contributed by atoms with Crippen molar-refractivity contribution in [2.75, 3.05) is 36.5 Å². The number of amides is 1. The molecule has 0 unspecified atom stereocenters. The number of nitrogens with zero attached hydrogens (tertiary/aromatic N) is 1. The number of benzene rings is 2. The van der Waals surface area contributed by atoms with Crippen molar-refractivity contribution >= 4 is 39.9 Å². The summed E-state index contributed by atoms with van der Waals surface area (Å²) in [5.41, 5.74) is 2.62. The molecule has 4 nitrogen and oxygen atoms in total. The molecule has 6 heteroatoms. The third-order valence-corrected chi connectivity index (χ3v) is 5.43. The number of ether oxygens (including phenoxy) is 1. The van der Waals surface area contributed by atoms with E-state index in [0.29, 0.717) is 43.2 Å². The zero-order valence-corrected chi connectivity index (χ0v) is 15.5. The fourth-order valence-corrected chi connectivity index (χ4v) is 3.27. The van der Waals surface area contributed by atoms with E-state index in [1.54, 1.807) is 18.2 Å². The highest BCUT2D eigenvalue weighted by Gasteiger charge is 2.17. The number of carbonyl (C=O) groups is 1. The molecule has 1 amide bonds. The van der Waals surface area contributed by atoms with E-state index in [0.717, 1.165) is 9.13 Å². The number of aryl methyl sites for hydroxylation is 1. The SMILES string of the molecule is Cc1cccc(C(=O)Nc2ccc(N3CCOCC3)c(F)c2)c1I. The number of nitrogens with one attached hydrogen (secondary N) is 1. The molecule has 0 aliphatic carbocycles. The Kier molecular flexibility index (Phi) is 5.35. The summed E-state index contributed by atoms with van der Waals surface area (Å²) in [6.07, 6.45) is 0. The van der Waals surface area contributed by atoms with Crippen molar-refractivity contribution in [2.45, 2.75) is 6.92 Å². The quantitative estimate of drug-likeness (QED) is 0.738. The van der Waals surface area contributed by atoms with Crippen LogP contribution in [0, 0.1) is 16.3 Å². The minimum Gasteiger partial charge on any atom is -0.378 e. The normalized spacial score (nSPS) is 14.5. The van der Waals surface area contributed by atoms with Gasteiger partial charge in [-0.25, -0.2) is 4.39 Å². The van der Waals surface area contributed by atoms with Crippen molar-refractivity contribution in [1.29, 1.82) is 0 Å². The number of hydrogen-bond donors (Lipinski definition) is 1. The molecule has 1 saturated heterocycles. The Bertz CT molecular complexity index is 761. The highest BCUT2D eigenvalue weighted by Crippen LogP contribution is 2.25. The molecule has 0 radical (unpaired) electrons. The third-order valence-electron chi connectivity index (χ3n) is 3.99. The molecule has 1 N–H and O–H groups in total. The van der Waals surface area contributed by atoms with E-state index in [4.69, 9.17) is 4.74 Å². The average molecular weight is 440 g/mol. The maximum absolute atomic E-state index is 14.4. The second-order valence-corrected chi connectivity index (χ2v) is 6.73. The Morgan fingerprint density at radius 2 is 2.00 bits per heavy atom. The lowest BCUT2D eigenvalue weighted by Gasteiger charge is -2.29. The standard InChI is InChI=1S/C18H18FIN2O2/c1-12-3-2-4-14(17(12)20)18(23)21-13-5-6-16(15(19)11-13)22-7-9-24-10-8-22/h2-6,11H,7-10H2,1H3,(H,21,23). The Balaban J connectivity index is 1.77. The maximum Gasteiger partial charge on any atom is 0.256 e. The molecule has 2 aromatic rings. The molecule has 3 rings (SSSR count). The smallest absolute Gasteiger partial charge is 0.256 e. The van der Waals surface area contributed by atoms with Crippen LogP contribution >= 0.6 is 22.6 Å². The molecule has 24 heavy (non-hydrogen) atoms. The number of anilines is 2. The molecule has 0 bridgehead atoms. The van der Waals surface area contributed by atoms with E-state index in [1.165, 1.54) is 6.07 Å². The highest BCUT2D eigenvalue weighted by molar-refractivity contribution is 14.1. The number of carbonyl (C=O) groups excluding carboxylic acids is 1. The summed E-state index contributed by atoms with van der Waals surface area (Å²) in [6.45, 7) is 4.50. The van der Waals surface area contributed by atoms with E-state index in [1.807, 2.05) is 24.0 Å². The van der Waals surface area contributed by atoms with Gasteiger partial charge in [-0.1, -0.05) is 12.1 Å². The van der Waals surface area contributed by atoms with Crippen LogP contribution < -0.4 is 10.2 Å². The van der Waals surface area contributed by atoms with Gasteiger partial charge in [0.1, 0.15) is 5.82 Å². The van der Waals surface area contributed by atoms with Crippen molar-refractivity contribution in [3.8, 4) is 0 Å². The summed E-state index contributed by atoms with van der Waals surface area (Å²) < 4.78 is 20.6. The molecular formula is C18H18FIN2O2. The summed E-state index contributed by atoms with van der Waals surface area (Å²) in [6, 6.07) is 10.4. The van der Waals surface area contributed by atoms with Crippen molar-refractivity contribution in [3.05, 3.63) is 56.9 Å². The monoisotopic (exact) mass is 440 g/mol. The van der Waals surface area contributed by atoms with Crippen LogP contribution in [0.25, 0.3) is 0 Å². The fraction of sp³-hybridized carbons (Fsp3) is 0.278. The summed E-state index contributed by atoms with van der Waals surface area (Å²) in [5.74, 6) is -0.574. The van der Waals surface area contributed by atoms with Gasteiger partial charge in [0, 0.05) is 22.3 Å². The lowest BCUT2D eigenvalue weighted by molar-refractivity contribution is 0.102. The van der Waals surface area contributed by atoms with Gasteiger partial charge in [-0.3, -0.25) is 4.79 Å². The summed E-state index contributed by atoms with van der Waals surface area (Å²) in [5, 5.41) is 2.77. The van der Waals surface area contributed by atoms with E-state index in [-0.39, 0.29) is 11.7 Å². The Morgan fingerprint density at radius 1 is 1.25 bits per heavy atom. The topological polar surface area (TPSA) is 41.6 Å². The van der Waals surface area contributed by atoms with Crippen molar-refractivity contribution < 1.29 is 13.9 Å². The van der Waals surface area contributed by atoms with E-state index in [9.17, 15) is 9.18 Å². The van der Waals surface area contributed by atoms with Crippen LogP contribution in [-0.2, 0) is 4.74 Å². The van der Waals surface area contributed by atoms with Gasteiger partial charge in [-0.05, 0) is 59.3 Å². The largest absolute Gasteiger partial charge is 0.378 e. The first kappa shape index (κ1) is 17.2. The van der Waals surface area contributed by atoms with Gasteiger partial charge in [0.15, 0.2) is 0 Å². The summed E-state index contributed by atoms with van der Waals surface area (Å²) in [4.78, 5) is 14.4. The minimum absolute atomic E-state index is 0.235. The second-order valence-electron chi connectivity index (χ2n) is 5.66. The van der Waals surface area contributed by atoms with Crippen LogP contribution in [0.3, 0.4) is 0 Å². The molecule has 2 aromatic carbocycles. The van der Waals surface area contributed by atoms with Crippen molar-refractivity contribution in [1.82, 2.24) is 0 Å². The van der Waals surface area contributed by atoms with Gasteiger partial charge in [-0.2, -0.15) is 0 Å². The maximum atomic E-state index is 14.4. The molecule has 1 fully saturated rings. The van der Waals surface area contributed by atoms with Gasteiger partial charge in [0.05, 0.1) is 24.5 Å². The third kappa shape index (κ3) is 3.70. The molecule has 1 aliphatic heterocycles. The number of rotatable bonds is 3.